The second-order valence-corrected chi connectivity index (χ2v) is 4.54. The zero-order chi connectivity index (χ0) is 14.2. The van der Waals surface area contributed by atoms with E-state index in [0.29, 0.717) is 12.5 Å². The lowest BCUT2D eigenvalue weighted by Crippen LogP contribution is -2.33. The van der Waals surface area contributed by atoms with Crippen molar-refractivity contribution in [3.8, 4) is 0 Å². The summed E-state index contributed by atoms with van der Waals surface area (Å²) in [6, 6.07) is 5.87. The molecular formula is C14H20N6. The maximum absolute atomic E-state index is 5.80. The van der Waals surface area contributed by atoms with Crippen LogP contribution in [0.4, 0.5) is 0 Å². The van der Waals surface area contributed by atoms with E-state index in [1.54, 1.807) is 10.9 Å². The van der Waals surface area contributed by atoms with E-state index < -0.39 is 0 Å². The summed E-state index contributed by atoms with van der Waals surface area (Å²) in [5.41, 5.74) is 8.01. The van der Waals surface area contributed by atoms with Gasteiger partial charge in [-0.25, -0.2) is 0 Å². The van der Waals surface area contributed by atoms with Gasteiger partial charge >= 0.3 is 0 Å². The molecule has 106 valence electrons. The standard InChI is InChI=1S/C14H20N6/c1-20-11-12(10-19-20)5-8-17-14(15)18-9-6-13-4-2-3-7-16-13/h2-4,7,10-11H,5-6,8-9H2,1H3,(H3,15,17,18). The van der Waals surface area contributed by atoms with Crippen molar-refractivity contribution in [2.24, 2.45) is 17.8 Å². The molecule has 0 aliphatic carbocycles. The fourth-order valence-electron chi connectivity index (χ4n) is 1.83. The molecule has 6 heteroatoms. The van der Waals surface area contributed by atoms with Gasteiger partial charge in [0.25, 0.3) is 0 Å². The zero-order valence-electron chi connectivity index (χ0n) is 11.7. The van der Waals surface area contributed by atoms with Crippen molar-refractivity contribution < 1.29 is 0 Å². The average Bonchev–Trinajstić information content (AvgIpc) is 2.86. The van der Waals surface area contributed by atoms with E-state index in [1.807, 2.05) is 37.6 Å². The first-order chi connectivity index (χ1) is 9.74. The highest BCUT2D eigenvalue weighted by atomic mass is 15.2. The van der Waals surface area contributed by atoms with E-state index in [0.717, 1.165) is 25.1 Å². The molecule has 0 unspecified atom stereocenters. The van der Waals surface area contributed by atoms with Crippen LogP contribution in [0.3, 0.4) is 0 Å². The Hall–Kier alpha value is -2.37. The molecule has 0 atom stereocenters. The molecule has 0 fully saturated rings. The van der Waals surface area contributed by atoms with Crippen molar-refractivity contribution in [2.75, 3.05) is 13.1 Å². The number of hydrogen-bond acceptors (Lipinski definition) is 3. The third-order valence-corrected chi connectivity index (χ3v) is 2.85. The smallest absolute Gasteiger partial charge is 0.188 e. The Morgan fingerprint density at radius 3 is 3.00 bits per heavy atom. The van der Waals surface area contributed by atoms with Crippen LogP contribution < -0.4 is 11.1 Å². The second kappa shape index (κ2) is 7.28. The third-order valence-electron chi connectivity index (χ3n) is 2.85. The number of guanidine groups is 1. The van der Waals surface area contributed by atoms with Crippen molar-refractivity contribution >= 4 is 5.96 Å². The zero-order valence-corrected chi connectivity index (χ0v) is 11.7. The van der Waals surface area contributed by atoms with Crippen LogP contribution >= 0.6 is 0 Å². The predicted molar refractivity (Wildman–Crippen MR) is 79.3 cm³/mol. The molecule has 0 aromatic carbocycles. The molecule has 0 saturated heterocycles. The summed E-state index contributed by atoms with van der Waals surface area (Å²) in [6.07, 6.45) is 7.32. The Kier molecular flexibility index (Phi) is 5.11. The minimum atomic E-state index is 0.477. The van der Waals surface area contributed by atoms with Gasteiger partial charge in [-0.3, -0.25) is 14.7 Å². The number of nitrogens with one attached hydrogen (secondary N) is 1. The van der Waals surface area contributed by atoms with Crippen LogP contribution in [0.2, 0.25) is 0 Å². The van der Waals surface area contributed by atoms with E-state index >= 15 is 0 Å². The summed E-state index contributed by atoms with van der Waals surface area (Å²) >= 11 is 0. The third kappa shape index (κ3) is 4.72. The van der Waals surface area contributed by atoms with Gasteiger partial charge in [0.05, 0.1) is 6.20 Å². The first kappa shape index (κ1) is 14.0. The fourth-order valence-corrected chi connectivity index (χ4v) is 1.83. The monoisotopic (exact) mass is 272 g/mol. The number of pyridine rings is 1. The summed E-state index contributed by atoms with van der Waals surface area (Å²) < 4.78 is 1.79. The van der Waals surface area contributed by atoms with Gasteiger partial charge in [0, 0.05) is 44.6 Å². The quantitative estimate of drug-likeness (QED) is 0.593. The number of aliphatic imine (C=N–C) groups is 1. The van der Waals surface area contributed by atoms with Gasteiger partial charge in [-0.15, -0.1) is 0 Å². The van der Waals surface area contributed by atoms with E-state index in [-0.39, 0.29) is 0 Å². The molecule has 2 rings (SSSR count). The van der Waals surface area contributed by atoms with Gasteiger partial charge in [0.1, 0.15) is 0 Å². The van der Waals surface area contributed by atoms with E-state index in [2.05, 4.69) is 20.4 Å². The summed E-state index contributed by atoms with van der Waals surface area (Å²) in [7, 11) is 1.91. The fraction of sp³-hybridized carbons (Fsp3) is 0.357. The van der Waals surface area contributed by atoms with Crippen molar-refractivity contribution in [1.29, 1.82) is 0 Å². The van der Waals surface area contributed by atoms with Gasteiger partial charge in [-0.1, -0.05) is 6.07 Å². The highest BCUT2D eigenvalue weighted by molar-refractivity contribution is 5.77. The van der Waals surface area contributed by atoms with Crippen molar-refractivity contribution in [3.63, 3.8) is 0 Å². The van der Waals surface area contributed by atoms with E-state index in [9.17, 15) is 0 Å². The van der Waals surface area contributed by atoms with Crippen LogP contribution in [0, 0.1) is 0 Å². The van der Waals surface area contributed by atoms with Crippen molar-refractivity contribution in [3.05, 3.63) is 48.0 Å². The maximum atomic E-state index is 5.80. The summed E-state index contributed by atoms with van der Waals surface area (Å²) in [5.74, 6) is 0.477. The summed E-state index contributed by atoms with van der Waals surface area (Å²) in [5, 5.41) is 7.21. The average molecular weight is 272 g/mol. The van der Waals surface area contributed by atoms with Gasteiger partial charge in [-0.05, 0) is 24.1 Å². The minimum absolute atomic E-state index is 0.477. The summed E-state index contributed by atoms with van der Waals surface area (Å²) in [4.78, 5) is 8.52. The Morgan fingerprint density at radius 2 is 2.30 bits per heavy atom. The van der Waals surface area contributed by atoms with Gasteiger partial charge in [0.2, 0.25) is 0 Å². The molecule has 0 radical (unpaired) electrons. The van der Waals surface area contributed by atoms with Crippen LogP contribution in [0.1, 0.15) is 11.3 Å². The van der Waals surface area contributed by atoms with Crippen LogP contribution in [0.25, 0.3) is 0 Å². The molecular weight excluding hydrogens is 252 g/mol. The highest BCUT2D eigenvalue weighted by Crippen LogP contribution is 1.96. The number of nitrogens with two attached hydrogens (primary N) is 1. The maximum Gasteiger partial charge on any atom is 0.188 e. The number of aryl methyl sites for hydroxylation is 1. The Labute approximate surface area is 118 Å². The lowest BCUT2D eigenvalue weighted by Gasteiger charge is -2.04. The topological polar surface area (TPSA) is 81.1 Å². The predicted octanol–water partition coefficient (Wildman–Crippen LogP) is 0.505. The second-order valence-electron chi connectivity index (χ2n) is 4.54. The van der Waals surface area contributed by atoms with Crippen LogP contribution in [-0.2, 0) is 19.9 Å². The van der Waals surface area contributed by atoms with Gasteiger partial charge in [0.15, 0.2) is 5.96 Å². The largest absolute Gasteiger partial charge is 0.370 e. The van der Waals surface area contributed by atoms with Crippen LogP contribution in [0.15, 0.2) is 41.8 Å². The van der Waals surface area contributed by atoms with Gasteiger partial charge in [-0.2, -0.15) is 5.10 Å². The molecule has 0 aliphatic heterocycles. The van der Waals surface area contributed by atoms with E-state index in [4.69, 9.17) is 5.73 Å². The lowest BCUT2D eigenvalue weighted by atomic mass is 10.2. The molecule has 2 aromatic heterocycles. The number of nitrogens with zero attached hydrogens (tertiary/aromatic N) is 4. The van der Waals surface area contributed by atoms with Crippen molar-refractivity contribution in [2.45, 2.75) is 12.8 Å². The Morgan fingerprint density at radius 1 is 1.40 bits per heavy atom. The first-order valence-electron chi connectivity index (χ1n) is 6.65. The Balaban J connectivity index is 1.66. The molecule has 2 heterocycles. The van der Waals surface area contributed by atoms with Crippen molar-refractivity contribution in [1.82, 2.24) is 20.1 Å². The van der Waals surface area contributed by atoms with E-state index in [1.165, 1.54) is 5.56 Å². The molecule has 0 saturated carbocycles. The number of rotatable bonds is 6. The molecule has 20 heavy (non-hydrogen) atoms. The number of aromatic nitrogens is 3. The molecule has 3 N–H and O–H groups in total. The minimum Gasteiger partial charge on any atom is -0.370 e. The molecule has 2 aromatic rings. The molecule has 0 amide bonds. The number of hydrogen-bond donors (Lipinski definition) is 2. The normalized spacial score (nSPS) is 11.6. The molecule has 6 nitrogen and oxygen atoms in total. The first-order valence-corrected chi connectivity index (χ1v) is 6.65. The van der Waals surface area contributed by atoms with Crippen LogP contribution in [-0.4, -0.2) is 33.8 Å². The Bertz CT molecular complexity index is 546. The van der Waals surface area contributed by atoms with Crippen LogP contribution in [0.5, 0.6) is 0 Å². The highest BCUT2D eigenvalue weighted by Gasteiger charge is 1.97. The SMILES string of the molecule is Cn1cc(CCNC(N)=NCCc2ccccn2)cn1. The summed E-state index contributed by atoms with van der Waals surface area (Å²) in [6.45, 7) is 1.40. The van der Waals surface area contributed by atoms with Gasteiger partial charge < -0.3 is 11.1 Å². The molecule has 0 aliphatic rings. The molecule has 0 bridgehead atoms. The molecule has 0 spiro atoms. The lowest BCUT2D eigenvalue weighted by molar-refractivity contribution is 0.766.